The molecule has 1 aromatic carbocycles. The van der Waals surface area contributed by atoms with Crippen LogP contribution in [0.5, 0.6) is 0 Å². The Bertz CT molecular complexity index is 522. The van der Waals surface area contributed by atoms with Crippen LogP contribution >= 0.6 is 11.6 Å². The van der Waals surface area contributed by atoms with E-state index in [4.69, 9.17) is 11.6 Å². The summed E-state index contributed by atoms with van der Waals surface area (Å²) in [4.78, 5) is 0.263. The average Bonchev–Trinajstić information content (AvgIpc) is 2.66. The smallest absolute Gasteiger partial charge is 0.201 e. The number of hydrogen-bond acceptors (Lipinski definition) is 4. The lowest BCUT2D eigenvalue weighted by Gasteiger charge is -2.11. The molecule has 1 heterocycles. The first-order valence-corrected chi connectivity index (χ1v) is 6.71. The minimum absolute atomic E-state index is 0.263. The molecule has 1 atom stereocenters. The topological polar surface area (TPSA) is 58.5 Å². The minimum Gasteiger partial charge on any atom is -0.291 e. The van der Waals surface area contributed by atoms with Crippen LogP contribution in [0.1, 0.15) is 13.3 Å². The summed E-state index contributed by atoms with van der Waals surface area (Å²) in [6.07, 6.45) is 0.422. The lowest BCUT2D eigenvalue weighted by molar-refractivity contribution is 0.568. The van der Waals surface area contributed by atoms with Gasteiger partial charge in [0.2, 0.25) is 9.84 Å². The minimum atomic E-state index is -3.37. The number of hydrazone groups is 1. The first-order valence-electron chi connectivity index (χ1n) is 4.78. The van der Waals surface area contributed by atoms with E-state index in [0.29, 0.717) is 11.4 Å². The standard InChI is InChI=1S/C10H11ClN2O2S/c1-7-6-10(13-12-7)16(14,15)9-4-2-8(11)3-5-9/h2-5,10,13H,6H2,1H3. The largest absolute Gasteiger partial charge is 0.291 e. The monoisotopic (exact) mass is 258 g/mol. The van der Waals surface area contributed by atoms with Gasteiger partial charge in [-0.2, -0.15) is 5.10 Å². The van der Waals surface area contributed by atoms with E-state index in [1.54, 1.807) is 19.1 Å². The summed E-state index contributed by atoms with van der Waals surface area (Å²) in [6.45, 7) is 1.80. The van der Waals surface area contributed by atoms with Crippen molar-refractivity contribution in [2.45, 2.75) is 23.6 Å². The molecule has 0 fully saturated rings. The number of benzene rings is 1. The summed E-state index contributed by atoms with van der Waals surface area (Å²) in [5.74, 6) is 0. The molecular weight excluding hydrogens is 248 g/mol. The van der Waals surface area contributed by atoms with Crippen LogP contribution in [-0.4, -0.2) is 19.5 Å². The molecule has 1 aliphatic rings. The van der Waals surface area contributed by atoms with E-state index in [9.17, 15) is 8.42 Å². The predicted molar refractivity (Wildman–Crippen MR) is 63.3 cm³/mol. The molecule has 1 aromatic rings. The van der Waals surface area contributed by atoms with E-state index in [0.717, 1.165) is 5.71 Å². The Morgan fingerprint density at radius 3 is 2.50 bits per heavy atom. The van der Waals surface area contributed by atoms with E-state index < -0.39 is 15.2 Å². The first kappa shape index (κ1) is 11.4. The maximum atomic E-state index is 12.1. The Morgan fingerprint density at radius 1 is 1.38 bits per heavy atom. The van der Waals surface area contributed by atoms with Gasteiger partial charge in [0.1, 0.15) is 0 Å². The molecule has 1 unspecified atom stereocenters. The normalized spacial score (nSPS) is 20.4. The molecule has 0 amide bonds. The highest BCUT2D eigenvalue weighted by Crippen LogP contribution is 2.21. The van der Waals surface area contributed by atoms with E-state index >= 15 is 0 Å². The Balaban J connectivity index is 2.30. The Morgan fingerprint density at radius 2 is 2.00 bits per heavy atom. The lowest BCUT2D eigenvalue weighted by atomic mass is 10.3. The van der Waals surface area contributed by atoms with Gasteiger partial charge < -0.3 is 0 Å². The molecule has 0 saturated heterocycles. The van der Waals surface area contributed by atoms with Crippen molar-refractivity contribution in [1.82, 2.24) is 5.43 Å². The van der Waals surface area contributed by atoms with Crippen molar-refractivity contribution >= 4 is 27.1 Å². The van der Waals surface area contributed by atoms with Gasteiger partial charge in [-0.1, -0.05) is 11.6 Å². The van der Waals surface area contributed by atoms with Gasteiger partial charge in [0, 0.05) is 17.2 Å². The van der Waals surface area contributed by atoms with Crippen LogP contribution < -0.4 is 5.43 Å². The SMILES string of the molecule is CC1=NNC(S(=O)(=O)c2ccc(Cl)cc2)C1. The van der Waals surface area contributed by atoms with E-state index in [-0.39, 0.29) is 4.90 Å². The fourth-order valence-corrected chi connectivity index (χ4v) is 3.13. The molecule has 0 radical (unpaired) electrons. The van der Waals surface area contributed by atoms with Crippen LogP contribution in [0.15, 0.2) is 34.3 Å². The fourth-order valence-electron chi connectivity index (χ4n) is 1.51. The molecular formula is C10H11ClN2O2S. The quantitative estimate of drug-likeness (QED) is 0.880. The molecule has 16 heavy (non-hydrogen) atoms. The number of sulfone groups is 1. The van der Waals surface area contributed by atoms with Crippen molar-refractivity contribution in [3.8, 4) is 0 Å². The summed E-state index contributed by atoms with van der Waals surface area (Å²) in [5, 5.41) is 3.75. The summed E-state index contributed by atoms with van der Waals surface area (Å²) >= 11 is 5.71. The molecule has 4 nitrogen and oxygen atoms in total. The Hall–Kier alpha value is -1.07. The highest BCUT2D eigenvalue weighted by molar-refractivity contribution is 7.92. The van der Waals surface area contributed by atoms with Crippen molar-refractivity contribution in [1.29, 1.82) is 0 Å². The summed E-state index contributed by atoms with van der Waals surface area (Å²) < 4.78 is 24.2. The third kappa shape index (κ3) is 2.05. The second-order valence-electron chi connectivity index (χ2n) is 3.67. The van der Waals surface area contributed by atoms with Gasteiger partial charge in [-0.25, -0.2) is 8.42 Å². The van der Waals surface area contributed by atoms with E-state index in [1.165, 1.54) is 12.1 Å². The predicted octanol–water partition coefficient (Wildman–Crippen LogP) is 1.81. The Labute approximate surface area is 99.2 Å². The van der Waals surface area contributed by atoms with Crippen molar-refractivity contribution in [3.05, 3.63) is 29.3 Å². The van der Waals surface area contributed by atoms with Crippen LogP contribution in [0.2, 0.25) is 5.02 Å². The molecule has 0 aliphatic carbocycles. The van der Waals surface area contributed by atoms with Crippen LogP contribution in [0.4, 0.5) is 0 Å². The number of rotatable bonds is 2. The van der Waals surface area contributed by atoms with E-state index in [2.05, 4.69) is 10.5 Å². The van der Waals surface area contributed by atoms with Gasteiger partial charge in [0.15, 0.2) is 5.37 Å². The summed E-state index contributed by atoms with van der Waals surface area (Å²) in [6, 6.07) is 6.15. The highest BCUT2D eigenvalue weighted by Gasteiger charge is 2.30. The van der Waals surface area contributed by atoms with Gasteiger partial charge in [0.05, 0.1) is 4.90 Å². The van der Waals surface area contributed by atoms with Crippen molar-refractivity contribution in [2.24, 2.45) is 5.10 Å². The third-order valence-corrected chi connectivity index (χ3v) is 4.60. The van der Waals surface area contributed by atoms with Gasteiger partial charge in [-0.15, -0.1) is 0 Å². The van der Waals surface area contributed by atoms with Crippen LogP contribution in [-0.2, 0) is 9.84 Å². The average molecular weight is 259 g/mol. The molecule has 1 N–H and O–H groups in total. The maximum Gasteiger partial charge on any atom is 0.201 e. The number of hydrogen-bond donors (Lipinski definition) is 1. The molecule has 1 aliphatic heterocycles. The zero-order valence-corrected chi connectivity index (χ0v) is 10.2. The van der Waals surface area contributed by atoms with Gasteiger partial charge in [0.25, 0.3) is 0 Å². The van der Waals surface area contributed by atoms with Crippen molar-refractivity contribution in [2.75, 3.05) is 0 Å². The molecule has 0 bridgehead atoms. The first-order chi connectivity index (χ1) is 7.50. The molecule has 2 rings (SSSR count). The second-order valence-corrected chi connectivity index (χ2v) is 6.23. The zero-order chi connectivity index (χ0) is 11.8. The zero-order valence-electron chi connectivity index (χ0n) is 8.64. The third-order valence-electron chi connectivity index (χ3n) is 2.40. The van der Waals surface area contributed by atoms with Crippen molar-refractivity contribution in [3.63, 3.8) is 0 Å². The number of halogens is 1. The molecule has 0 aromatic heterocycles. The summed E-state index contributed by atoms with van der Waals surface area (Å²) in [5.41, 5.74) is 3.42. The number of nitrogens with zero attached hydrogens (tertiary/aromatic N) is 1. The molecule has 86 valence electrons. The second kappa shape index (κ2) is 4.07. The molecule has 6 heteroatoms. The molecule has 0 saturated carbocycles. The van der Waals surface area contributed by atoms with E-state index in [1.807, 2.05) is 0 Å². The maximum absolute atomic E-state index is 12.1. The lowest BCUT2D eigenvalue weighted by Crippen LogP contribution is -2.29. The van der Waals surface area contributed by atoms with Crippen LogP contribution in [0, 0.1) is 0 Å². The summed E-state index contributed by atoms with van der Waals surface area (Å²) in [7, 11) is -3.37. The number of nitrogens with one attached hydrogen (secondary N) is 1. The van der Waals surface area contributed by atoms with Crippen LogP contribution in [0.25, 0.3) is 0 Å². The molecule has 0 spiro atoms. The highest BCUT2D eigenvalue weighted by atomic mass is 35.5. The van der Waals surface area contributed by atoms with Gasteiger partial charge in [-0.3, -0.25) is 5.43 Å². The van der Waals surface area contributed by atoms with Gasteiger partial charge in [-0.05, 0) is 31.2 Å². The fraction of sp³-hybridized carbons (Fsp3) is 0.300. The van der Waals surface area contributed by atoms with Crippen molar-refractivity contribution < 1.29 is 8.42 Å². The van der Waals surface area contributed by atoms with Gasteiger partial charge >= 0.3 is 0 Å². The Kier molecular flexibility index (Phi) is 2.90. The van der Waals surface area contributed by atoms with Crippen LogP contribution in [0.3, 0.4) is 0 Å².